The van der Waals surface area contributed by atoms with E-state index in [0.717, 1.165) is 11.4 Å². The van der Waals surface area contributed by atoms with Crippen LogP contribution < -0.4 is 5.32 Å². The zero-order chi connectivity index (χ0) is 13.0. The summed E-state index contributed by atoms with van der Waals surface area (Å²) in [6.07, 6.45) is 3.87. The Kier molecular flexibility index (Phi) is 3.99. The van der Waals surface area contributed by atoms with Gasteiger partial charge in [0, 0.05) is 31.2 Å². The first-order valence-electron chi connectivity index (χ1n) is 6.10. The van der Waals surface area contributed by atoms with E-state index in [-0.39, 0.29) is 12.1 Å². The molecular formula is C14H19N3O. The van der Waals surface area contributed by atoms with Gasteiger partial charge in [0.1, 0.15) is 0 Å². The van der Waals surface area contributed by atoms with Crippen molar-refractivity contribution >= 4 is 5.69 Å². The van der Waals surface area contributed by atoms with Crippen molar-refractivity contribution in [2.75, 3.05) is 12.4 Å². The zero-order valence-corrected chi connectivity index (χ0v) is 11.0. The zero-order valence-electron chi connectivity index (χ0n) is 11.0. The maximum Gasteiger partial charge on any atom is 0.0741 e. The molecule has 1 aromatic carbocycles. The second kappa shape index (κ2) is 5.69. The summed E-state index contributed by atoms with van der Waals surface area (Å²) in [5, 5.41) is 7.65. The fourth-order valence-corrected chi connectivity index (χ4v) is 1.74. The molecule has 0 saturated carbocycles. The van der Waals surface area contributed by atoms with E-state index in [1.807, 2.05) is 35.1 Å². The number of aromatic nitrogens is 2. The van der Waals surface area contributed by atoms with Gasteiger partial charge in [0.15, 0.2) is 0 Å². The van der Waals surface area contributed by atoms with E-state index in [9.17, 15) is 0 Å². The summed E-state index contributed by atoms with van der Waals surface area (Å²) in [7, 11) is 1.73. The van der Waals surface area contributed by atoms with Crippen LogP contribution in [-0.4, -0.2) is 29.0 Å². The minimum absolute atomic E-state index is 0.165. The molecule has 1 aromatic heterocycles. The van der Waals surface area contributed by atoms with Gasteiger partial charge in [-0.05, 0) is 38.1 Å². The first-order valence-corrected chi connectivity index (χ1v) is 6.10. The van der Waals surface area contributed by atoms with Crippen LogP contribution in [0.2, 0.25) is 0 Å². The molecule has 0 aliphatic carbocycles. The number of rotatable bonds is 5. The molecule has 18 heavy (non-hydrogen) atoms. The second-order valence-corrected chi connectivity index (χ2v) is 4.37. The lowest BCUT2D eigenvalue weighted by atomic mass is 10.2. The van der Waals surface area contributed by atoms with Gasteiger partial charge in [-0.25, -0.2) is 4.68 Å². The van der Waals surface area contributed by atoms with Crippen molar-refractivity contribution in [3.05, 3.63) is 42.7 Å². The number of nitrogens with one attached hydrogen (secondary N) is 1. The molecule has 4 nitrogen and oxygen atoms in total. The standard InChI is InChI=1S/C14H19N3O/c1-11(12(2)18-3)16-13-6-4-7-14(10-13)17-9-5-8-15-17/h4-12,16H,1-3H3. The third kappa shape index (κ3) is 2.90. The van der Waals surface area contributed by atoms with Crippen LogP contribution in [0.3, 0.4) is 0 Å². The Morgan fingerprint density at radius 1 is 1.28 bits per heavy atom. The molecule has 0 amide bonds. The van der Waals surface area contributed by atoms with Gasteiger partial charge in [0.25, 0.3) is 0 Å². The molecular weight excluding hydrogens is 226 g/mol. The average Bonchev–Trinajstić information content (AvgIpc) is 2.92. The monoisotopic (exact) mass is 245 g/mol. The molecule has 0 radical (unpaired) electrons. The topological polar surface area (TPSA) is 39.1 Å². The number of benzene rings is 1. The molecule has 2 unspecified atom stereocenters. The van der Waals surface area contributed by atoms with Crippen molar-refractivity contribution in [2.45, 2.75) is 26.0 Å². The smallest absolute Gasteiger partial charge is 0.0741 e. The minimum atomic E-state index is 0.165. The first-order chi connectivity index (χ1) is 8.70. The van der Waals surface area contributed by atoms with Gasteiger partial charge < -0.3 is 10.1 Å². The molecule has 4 heteroatoms. The van der Waals surface area contributed by atoms with Gasteiger partial charge >= 0.3 is 0 Å². The number of nitrogens with zero attached hydrogens (tertiary/aromatic N) is 2. The SMILES string of the molecule is COC(C)C(C)Nc1cccc(-n2cccn2)c1. The molecule has 2 rings (SSSR count). The predicted octanol–water partition coefficient (Wildman–Crippen LogP) is 2.71. The molecule has 2 atom stereocenters. The van der Waals surface area contributed by atoms with Gasteiger partial charge in [0.05, 0.1) is 11.8 Å². The number of ether oxygens (including phenoxy) is 1. The van der Waals surface area contributed by atoms with Crippen molar-refractivity contribution in [1.82, 2.24) is 9.78 Å². The minimum Gasteiger partial charge on any atom is -0.380 e. The Balaban J connectivity index is 2.13. The highest BCUT2D eigenvalue weighted by molar-refractivity contribution is 5.51. The van der Waals surface area contributed by atoms with Crippen molar-refractivity contribution in [3.8, 4) is 5.69 Å². The summed E-state index contributed by atoms with van der Waals surface area (Å²) in [4.78, 5) is 0. The van der Waals surface area contributed by atoms with Gasteiger partial charge in [-0.2, -0.15) is 5.10 Å². The van der Waals surface area contributed by atoms with Crippen molar-refractivity contribution in [3.63, 3.8) is 0 Å². The van der Waals surface area contributed by atoms with Crippen LogP contribution in [0.1, 0.15) is 13.8 Å². The molecule has 0 saturated heterocycles. The summed E-state index contributed by atoms with van der Waals surface area (Å²) in [5.74, 6) is 0. The molecule has 0 bridgehead atoms. The fourth-order valence-electron chi connectivity index (χ4n) is 1.74. The third-order valence-electron chi connectivity index (χ3n) is 3.09. The Morgan fingerprint density at radius 3 is 2.78 bits per heavy atom. The van der Waals surface area contributed by atoms with Gasteiger partial charge in [-0.3, -0.25) is 0 Å². The summed E-state index contributed by atoms with van der Waals surface area (Å²) in [5.41, 5.74) is 2.11. The van der Waals surface area contributed by atoms with E-state index in [2.05, 4.69) is 30.3 Å². The quantitative estimate of drug-likeness (QED) is 0.880. The van der Waals surface area contributed by atoms with Gasteiger partial charge in [-0.1, -0.05) is 6.07 Å². The van der Waals surface area contributed by atoms with E-state index in [1.165, 1.54) is 0 Å². The fraction of sp³-hybridized carbons (Fsp3) is 0.357. The van der Waals surface area contributed by atoms with Crippen LogP contribution in [0.25, 0.3) is 5.69 Å². The Morgan fingerprint density at radius 2 is 2.11 bits per heavy atom. The van der Waals surface area contributed by atoms with E-state index >= 15 is 0 Å². The lowest BCUT2D eigenvalue weighted by molar-refractivity contribution is 0.106. The van der Waals surface area contributed by atoms with Crippen LogP contribution >= 0.6 is 0 Å². The highest BCUT2D eigenvalue weighted by Gasteiger charge is 2.10. The molecule has 0 aliphatic rings. The maximum absolute atomic E-state index is 5.31. The van der Waals surface area contributed by atoms with Crippen molar-refractivity contribution in [1.29, 1.82) is 0 Å². The molecule has 0 aliphatic heterocycles. The lowest BCUT2D eigenvalue weighted by Gasteiger charge is -2.21. The first kappa shape index (κ1) is 12.6. The second-order valence-electron chi connectivity index (χ2n) is 4.37. The van der Waals surface area contributed by atoms with E-state index < -0.39 is 0 Å². The van der Waals surface area contributed by atoms with Gasteiger partial charge in [-0.15, -0.1) is 0 Å². The van der Waals surface area contributed by atoms with Crippen LogP contribution in [0.15, 0.2) is 42.7 Å². The van der Waals surface area contributed by atoms with Crippen molar-refractivity contribution < 1.29 is 4.74 Å². The van der Waals surface area contributed by atoms with Crippen LogP contribution in [0, 0.1) is 0 Å². The average molecular weight is 245 g/mol. The number of hydrogen-bond donors (Lipinski definition) is 1. The largest absolute Gasteiger partial charge is 0.380 e. The maximum atomic E-state index is 5.31. The Bertz CT molecular complexity index is 482. The van der Waals surface area contributed by atoms with E-state index in [0.29, 0.717) is 0 Å². The molecule has 0 spiro atoms. The highest BCUT2D eigenvalue weighted by atomic mass is 16.5. The number of hydrogen-bond acceptors (Lipinski definition) is 3. The number of anilines is 1. The van der Waals surface area contributed by atoms with E-state index in [1.54, 1.807) is 13.3 Å². The van der Waals surface area contributed by atoms with Gasteiger partial charge in [0.2, 0.25) is 0 Å². The summed E-state index contributed by atoms with van der Waals surface area (Å²) in [6.45, 7) is 4.16. The Labute approximate surface area is 108 Å². The summed E-state index contributed by atoms with van der Waals surface area (Å²) >= 11 is 0. The molecule has 2 aromatic rings. The normalized spacial score (nSPS) is 14.2. The van der Waals surface area contributed by atoms with Crippen molar-refractivity contribution in [2.24, 2.45) is 0 Å². The lowest BCUT2D eigenvalue weighted by Crippen LogP contribution is -2.29. The molecule has 1 heterocycles. The van der Waals surface area contributed by atoms with Crippen LogP contribution in [-0.2, 0) is 4.74 Å². The molecule has 0 fully saturated rings. The Hall–Kier alpha value is -1.81. The molecule has 1 N–H and O–H groups in total. The summed E-state index contributed by atoms with van der Waals surface area (Å²) < 4.78 is 7.15. The highest BCUT2D eigenvalue weighted by Crippen LogP contribution is 2.15. The number of methoxy groups -OCH3 is 1. The van der Waals surface area contributed by atoms with Crippen LogP contribution in [0.5, 0.6) is 0 Å². The third-order valence-corrected chi connectivity index (χ3v) is 3.09. The van der Waals surface area contributed by atoms with Crippen LogP contribution in [0.4, 0.5) is 5.69 Å². The predicted molar refractivity (Wildman–Crippen MR) is 73.1 cm³/mol. The summed E-state index contributed by atoms with van der Waals surface area (Å²) in [6, 6.07) is 10.3. The molecule has 96 valence electrons. The van der Waals surface area contributed by atoms with E-state index in [4.69, 9.17) is 4.74 Å².